The fraction of sp³-hybridized carbons (Fsp3) is 0.583. The van der Waals surface area contributed by atoms with Crippen molar-refractivity contribution in [3.8, 4) is 6.07 Å². The van der Waals surface area contributed by atoms with Gasteiger partial charge in [0.05, 0.1) is 5.56 Å². The Morgan fingerprint density at radius 3 is 2.73 bits per heavy atom. The van der Waals surface area contributed by atoms with E-state index in [0.717, 1.165) is 23.4 Å². The van der Waals surface area contributed by atoms with Crippen LogP contribution in [0, 0.1) is 11.3 Å². The van der Waals surface area contributed by atoms with Crippen LogP contribution < -0.4 is 5.32 Å². The summed E-state index contributed by atoms with van der Waals surface area (Å²) in [6.07, 6.45) is 4.77. The number of aryl methyl sites for hydroxylation is 1. The van der Waals surface area contributed by atoms with Gasteiger partial charge < -0.3 is 5.32 Å². The summed E-state index contributed by atoms with van der Waals surface area (Å²) < 4.78 is 0. The lowest BCUT2D eigenvalue weighted by molar-refractivity contribution is 0.696. The molecular weight excluding hydrogens is 204 g/mol. The topological polar surface area (TPSA) is 35.8 Å². The molecule has 3 heteroatoms. The Bertz CT molecular complexity index is 398. The van der Waals surface area contributed by atoms with E-state index in [0.29, 0.717) is 6.04 Å². The highest BCUT2D eigenvalue weighted by atomic mass is 32.1. The fourth-order valence-corrected chi connectivity index (χ4v) is 3.43. The monoisotopic (exact) mass is 220 g/mol. The van der Waals surface area contributed by atoms with Gasteiger partial charge in [0.15, 0.2) is 0 Å². The Balaban J connectivity index is 2.38. The molecule has 0 saturated carbocycles. The molecule has 0 atom stereocenters. The molecule has 0 fully saturated rings. The Kier molecular flexibility index (Phi) is 2.97. The van der Waals surface area contributed by atoms with Crippen LogP contribution in [-0.4, -0.2) is 6.04 Å². The number of nitrogens with zero attached hydrogens (tertiary/aromatic N) is 1. The first-order valence-electron chi connectivity index (χ1n) is 5.53. The molecule has 0 bridgehead atoms. The molecule has 0 aromatic carbocycles. The van der Waals surface area contributed by atoms with Crippen LogP contribution in [0.15, 0.2) is 0 Å². The van der Waals surface area contributed by atoms with Gasteiger partial charge in [-0.1, -0.05) is 0 Å². The average Bonchev–Trinajstić information content (AvgIpc) is 2.53. The molecule has 0 amide bonds. The molecule has 2 rings (SSSR count). The molecule has 2 nitrogen and oxygen atoms in total. The number of nitriles is 1. The summed E-state index contributed by atoms with van der Waals surface area (Å²) in [5, 5.41) is 13.7. The summed E-state index contributed by atoms with van der Waals surface area (Å²) in [5.41, 5.74) is 2.22. The molecule has 80 valence electrons. The van der Waals surface area contributed by atoms with E-state index >= 15 is 0 Å². The second kappa shape index (κ2) is 4.24. The van der Waals surface area contributed by atoms with Crippen LogP contribution in [-0.2, 0) is 12.8 Å². The number of nitrogens with one attached hydrogen (secondary N) is 1. The van der Waals surface area contributed by atoms with Gasteiger partial charge >= 0.3 is 0 Å². The molecular formula is C12H16N2S. The molecule has 0 saturated heterocycles. The SMILES string of the molecule is CC(C)Nc1sc2c(c1C#N)CCCC2. The maximum atomic E-state index is 9.19. The highest BCUT2D eigenvalue weighted by molar-refractivity contribution is 7.16. The Morgan fingerprint density at radius 2 is 2.07 bits per heavy atom. The van der Waals surface area contributed by atoms with E-state index in [-0.39, 0.29) is 0 Å². The highest BCUT2D eigenvalue weighted by Crippen LogP contribution is 2.37. The van der Waals surface area contributed by atoms with E-state index < -0.39 is 0 Å². The van der Waals surface area contributed by atoms with Crippen LogP contribution in [0.4, 0.5) is 5.00 Å². The lowest BCUT2D eigenvalue weighted by Crippen LogP contribution is -2.09. The van der Waals surface area contributed by atoms with Gasteiger partial charge in [-0.3, -0.25) is 0 Å². The molecule has 0 aliphatic heterocycles. The zero-order valence-corrected chi connectivity index (χ0v) is 10.1. The van der Waals surface area contributed by atoms with E-state index in [2.05, 4.69) is 25.2 Å². The average molecular weight is 220 g/mol. The van der Waals surface area contributed by atoms with E-state index in [9.17, 15) is 5.26 Å². The minimum atomic E-state index is 0.400. The molecule has 1 heterocycles. The zero-order chi connectivity index (χ0) is 10.8. The first-order chi connectivity index (χ1) is 7.22. The predicted octanol–water partition coefficient (Wildman–Crippen LogP) is 3.32. The highest BCUT2D eigenvalue weighted by Gasteiger charge is 2.20. The molecule has 0 spiro atoms. The summed E-state index contributed by atoms with van der Waals surface area (Å²) in [5.74, 6) is 0. The number of rotatable bonds is 2. The molecule has 0 radical (unpaired) electrons. The van der Waals surface area contributed by atoms with Gasteiger partial charge in [-0.2, -0.15) is 5.26 Å². The van der Waals surface area contributed by atoms with Gasteiger partial charge in [0.1, 0.15) is 11.1 Å². The molecule has 1 aliphatic rings. The first kappa shape index (κ1) is 10.5. The lowest BCUT2D eigenvalue weighted by atomic mass is 9.96. The predicted molar refractivity (Wildman–Crippen MR) is 64.4 cm³/mol. The van der Waals surface area contributed by atoms with Crippen molar-refractivity contribution in [3.63, 3.8) is 0 Å². The second-order valence-electron chi connectivity index (χ2n) is 4.33. The van der Waals surface area contributed by atoms with Gasteiger partial charge in [0.25, 0.3) is 0 Å². The molecule has 1 aromatic heterocycles. The van der Waals surface area contributed by atoms with Gasteiger partial charge in [-0.25, -0.2) is 0 Å². The summed E-state index contributed by atoms with van der Waals surface area (Å²) in [4.78, 5) is 1.43. The number of hydrogen-bond acceptors (Lipinski definition) is 3. The third-order valence-electron chi connectivity index (χ3n) is 2.70. The van der Waals surface area contributed by atoms with Crippen molar-refractivity contribution in [2.24, 2.45) is 0 Å². The van der Waals surface area contributed by atoms with Gasteiger partial charge in [-0.05, 0) is 45.1 Å². The van der Waals surface area contributed by atoms with Gasteiger partial charge in [-0.15, -0.1) is 11.3 Å². The number of fused-ring (bicyclic) bond motifs is 1. The van der Waals surface area contributed by atoms with Crippen LogP contribution >= 0.6 is 11.3 Å². The van der Waals surface area contributed by atoms with Crippen molar-refractivity contribution < 1.29 is 0 Å². The Hall–Kier alpha value is -1.01. The summed E-state index contributed by atoms with van der Waals surface area (Å²) in [7, 11) is 0. The zero-order valence-electron chi connectivity index (χ0n) is 9.26. The number of thiophene rings is 1. The minimum absolute atomic E-state index is 0.400. The lowest BCUT2D eigenvalue weighted by Gasteiger charge is -2.09. The van der Waals surface area contributed by atoms with E-state index in [1.807, 2.05) is 0 Å². The smallest absolute Gasteiger partial charge is 0.107 e. The molecule has 1 aliphatic carbocycles. The van der Waals surface area contributed by atoms with Crippen molar-refractivity contribution in [2.45, 2.75) is 45.6 Å². The largest absolute Gasteiger partial charge is 0.374 e. The summed E-state index contributed by atoms with van der Waals surface area (Å²) in [6, 6.07) is 2.76. The minimum Gasteiger partial charge on any atom is -0.374 e. The molecule has 1 N–H and O–H groups in total. The first-order valence-corrected chi connectivity index (χ1v) is 6.35. The molecule has 15 heavy (non-hydrogen) atoms. The molecule has 0 unspecified atom stereocenters. The van der Waals surface area contributed by atoms with Crippen molar-refractivity contribution in [1.82, 2.24) is 0 Å². The quantitative estimate of drug-likeness (QED) is 0.830. The van der Waals surface area contributed by atoms with E-state index in [1.54, 1.807) is 11.3 Å². The normalized spacial score (nSPS) is 14.8. The maximum Gasteiger partial charge on any atom is 0.107 e. The van der Waals surface area contributed by atoms with Crippen LogP contribution in [0.2, 0.25) is 0 Å². The Labute approximate surface area is 94.9 Å². The Morgan fingerprint density at radius 1 is 1.33 bits per heavy atom. The maximum absolute atomic E-state index is 9.19. The number of hydrogen-bond donors (Lipinski definition) is 1. The van der Waals surface area contributed by atoms with Crippen molar-refractivity contribution in [1.29, 1.82) is 5.26 Å². The van der Waals surface area contributed by atoms with Crippen LogP contribution in [0.5, 0.6) is 0 Å². The van der Waals surface area contributed by atoms with E-state index in [4.69, 9.17) is 0 Å². The van der Waals surface area contributed by atoms with Crippen LogP contribution in [0.3, 0.4) is 0 Å². The second-order valence-corrected chi connectivity index (χ2v) is 5.43. The summed E-state index contributed by atoms with van der Waals surface area (Å²) >= 11 is 1.78. The van der Waals surface area contributed by atoms with Crippen LogP contribution in [0.25, 0.3) is 0 Å². The number of anilines is 1. The van der Waals surface area contributed by atoms with Crippen LogP contribution in [0.1, 0.15) is 42.7 Å². The summed E-state index contributed by atoms with van der Waals surface area (Å²) in [6.45, 7) is 4.22. The third kappa shape index (κ3) is 2.00. The third-order valence-corrected chi connectivity index (χ3v) is 3.93. The van der Waals surface area contributed by atoms with E-state index in [1.165, 1.54) is 23.3 Å². The van der Waals surface area contributed by atoms with Crippen molar-refractivity contribution in [3.05, 3.63) is 16.0 Å². The van der Waals surface area contributed by atoms with Gasteiger partial charge in [0.2, 0.25) is 0 Å². The van der Waals surface area contributed by atoms with Crippen molar-refractivity contribution in [2.75, 3.05) is 5.32 Å². The fourth-order valence-electron chi connectivity index (χ4n) is 2.05. The molecule has 1 aromatic rings. The van der Waals surface area contributed by atoms with Gasteiger partial charge in [0, 0.05) is 10.9 Å². The van der Waals surface area contributed by atoms with Crippen molar-refractivity contribution >= 4 is 16.3 Å². The standard InChI is InChI=1S/C12H16N2S/c1-8(2)14-12-10(7-13)9-5-3-4-6-11(9)15-12/h8,14H,3-6H2,1-2H3.